The van der Waals surface area contributed by atoms with E-state index in [4.69, 9.17) is 28.2 Å². The Kier molecular flexibility index (Phi) is 7.28. The van der Waals surface area contributed by atoms with E-state index in [-0.39, 0.29) is 11.6 Å². The van der Waals surface area contributed by atoms with Crippen LogP contribution in [-0.4, -0.2) is 21.1 Å². The van der Waals surface area contributed by atoms with Crippen LogP contribution in [0.2, 0.25) is 10.0 Å². The normalized spacial score (nSPS) is 12.2. The zero-order valence-electron chi connectivity index (χ0n) is 16.8. The van der Waals surface area contributed by atoms with E-state index < -0.39 is 0 Å². The molecule has 0 amide bonds. The van der Waals surface area contributed by atoms with Crippen molar-refractivity contribution in [1.82, 2.24) is 9.55 Å². The van der Waals surface area contributed by atoms with Gasteiger partial charge in [-0.1, -0.05) is 77.4 Å². The average molecular weight is 487 g/mol. The molecule has 0 bridgehead atoms. The molecular weight excluding hydrogens is 467 g/mol. The monoisotopic (exact) mass is 486 g/mol. The molecule has 3 aromatic carbocycles. The second kappa shape index (κ2) is 10.1. The minimum Gasteiger partial charge on any atom is -0.280 e. The van der Waals surface area contributed by atoms with Crippen molar-refractivity contribution in [2.45, 2.75) is 23.0 Å². The van der Waals surface area contributed by atoms with Crippen LogP contribution < -0.4 is 5.56 Å². The largest absolute Gasteiger partial charge is 0.280 e. The number of hydrogen-bond donors (Lipinski definition) is 0. The van der Waals surface area contributed by atoms with Crippen molar-refractivity contribution in [3.8, 4) is 0 Å². The number of thioether (sulfide) groups is 2. The number of benzene rings is 3. The molecule has 0 saturated carbocycles. The molecule has 0 aliphatic rings. The lowest BCUT2D eigenvalue weighted by atomic mass is 10.1. The Hall–Kier alpha value is -1.92. The summed E-state index contributed by atoms with van der Waals surface area (Å²) in [4.78, 5) is 19.2. The van der Waals surface area contributed by atoms with Crippen LogP contribution >= 0.6 is 46.7 Å². The third-order valence-corrected chi connectivity index (χ3v) is 7.86. The van der Waals surface area contributed by atoms with E-state index in [9.17, 15) is 4.79 Å². The zero-order valence-corrected chi connectivity index (χ0v) is 19.9. The summed E-state index contributed by atoms with van der Waals surface area (Å²) in [5.41, 5.74) is 1.77. The Morgan fingerprint density at radius 2 is 1.65 bits per heavy atom. The summed E-state index contributed by atoms with van der Waals surface area (Å²) in [6, 6.07) is 22.9. The van der Waals surface area contributed by atoms with Gasteiger partial charge < -0.3 is 0 Å². The van der Waals surface area contributed by atoms with Crippen LogP contribution in [0.1, 0.15) is 18.5 Å². The van der Waals surface area contributed by atoms with Crippen molar-refractivity contribution < 1.29 is 0 Å². The Bertz CT molecular complexity index is 1260. The van der Waals surface area contributed by atoms with E-state index >= 15 is 0 Å². The highest BCUT2D eigenvalue weighted by Crippen LogP contribution is 2.31. The van der Waals surface area contributed by atoms with E-state index in [1.165, 1.54) is 0 Å². The molecule has 31 heavy (non-hydrogen) atoms. The summed E-state index contributed by atoms with van der Waals surface area (Å²) >= 11 is 15.6. The summed E-state index contributed by atoms with van der Waals surface area (Å²) < 4.78 is 1.80. The fourth-order valence-electron chi connectivity index (χ4n) is 3.32. The van der Waals surface area contributed by atoms with E-state index in [1.807, 2.05) is 73.7 Å². The Balaban J connectivity index is 1.61. The number of rotatable bonds is 7. The summed E-state index contributed by atoms with van der Waals surface area (Å²) in [6.45, 7) is 2.04. The van der Waals surface area contributed by atoms with Crippen LogP contribution in [0, 0.1) is 0 Å². The van der Waals surface area contributed by atoms with Crippen LogP contribution in [0.4, 0.5) is 0 Å². The maximum Gasteiger partial charge on any atom is 0.262 e. The van der Waals surface area contributed by atoms with Crippen molar-refractivity contribution in [2.24, 2.45) is 0 Å². The first-order valence-corrected chi connectivity index (χ1v) is 12.5. The third-order valence-electron chi connectivity index (χ3n) is 4.91. The number of aromatic nitrogens is 2. The minimum atomic E-state index is -0.122. The second-order valence-electron chi connectivity index (χ2n) is 6.95. The summed E-state index contributed by atoms with van der Waals surface area (Å²) in [5.74, 6) is 1.59. The first-order valence-electron chi connectivity index (χ1n) is 9.81. The first-order chi connectivity index (χ1) is 15.0. The van der Waals surface area contributed by atoms with Gasteiger partial charge in [0.1, 0.15) is 0 Å². The minimum absolute atomic E-state index is 0.0185. The Morgan fingerprint density at radius 1 is 0.935 bits per heavy atom. The highest BCUT2D eigenvalue weighted by atomic mass is 35.5. The average Bonchev–Trinajstić information content (AvgIpc) is 2.79. The van der Waals surface area contributed by atoms with Gasteiger partial charge in [-0.3, -0.25) is 9.36 Å². The first kappa shape index (κ1) is 22.3. The number of nitrogens with zero attached hydrogens (tertiary/aromatic N) is 2. The highest BCUT2D eigenvalue weighted by molar-refractivity contribution is 8.03. The number of fused-ring (bicyclic) bond motifs is 1. The van der Waals surface area contributed by atoms with E-state index in [2.05, 4.69) is 0 Å². The van der Waals surface area contributed by atoms with E-state index in [0.717, 1.165) is 32.6 Å². The number of para-hydroxylation sites is 1. The predicted molar refractivity (Wildman–Crippen MR) is 134 cm³/mol. The van der Waals surface area contributed by atoms with Crippen LogP contribution in [0.5, 0.6) is 0 Å². The molecule has 158 valence electrons. The lowest BCUT2D eigenvalue weighted by Crippen LogP contribution is -2.27. The van der Waals surface area contributed by atoms with Gasteiger partial charge in [0.25, 0.3) is 5.56 Å². The topological polar surface area (TPSA) is 34.9 Å². The van der Waals surface area contributed by atoms with Gasteiger partial charge in [-0.05, 0) is 42.8 Å². The molecule has 1 atom stereocenters. The van der Waals surface area contributed by atoms with Crippen molar-refractivity contribution in [1.29, 1.82) is 0 Å². The molecule has 0 fully saturated rings. The van der Waals surface area contributed by atoms with Gasteiger partial charge in [0, 0.05) is 21.4 Å². The van der Waals surface area contributed by atoms with Gasteiger partial charge in [0.2, 0.25) is 0 Å². The maximum atomic E-state index is 13.4. The van der Waals surface area contributed by atoms with Gasteiger partial charge in [0.05, 0.1) is 22.0 Å². The van der Waals surface area contributed by atoms with Crippen LogP contribution in [0.15, 0.2) is 87.6 Å². The summed E-state index contributed by atoms with van der Waals surface area (Å²) in [5, 5.41) is 2.71. The molecule has 0 aliphatic carbocycles. The molecule has 4 aromatic rings. The standard InChI is InChI=1S/C24H20Cl2N2OS2/c1-16(17-7-3-2-4-8-17)28-23(29)19-9-5-6-10-21(19)27-24(28)31-14-13-30-22-15-18(25)11-12-20(22)26/h2-12,15-16H,13-14H2,1H3/t16-/m0/s1. The fraction of sp³-hybridized carbons (Fsp3) is 0.167. The molecule has 0 N–H and O–H groups in total. The van der Waals surface area contributed by atoms with E-state index in [0.29, 0.717) is 15.4 Å². The van der Waals surface area contributed by atoms with Crippen molar-refractivity contribution >= 4 is 57.6 Å². The molecule has 7 heteroatoms. The van der Waals surface area contributed by atoms with Crippen molar-refractivity contribution in [2.75, 3.05) is 11.5 Å². The van der Waals surface area contributed by atoms with Crippen molar-refractivity contribution in [3.05, 3.63) is 98.8 Å². The molecule has 0 aliphatic heterocycles. The van der Waals surface area contributed by atoms with Gasteiger partial charge in [0.15, 0.2) is 5.16 Å². The Morgan fingerprint density at radius 3 is 2.45 bits per heavy atom. The van der Waals surface area contributed by atoms with Crippen molar-refractivity contribution in [3.63, 3.8) is 0 Å². The van der Waals surface area contributed by atoms with Gasteiger partial charge in [-0.15, -0.1) is 11.8 Å². The summed E-state index contributed by atoms with van der Waals surface area (Å²) in [7, 11) is 0. The fourth-order valence-corrected chi connectivity index (χ4v) is 5.87. The number of halogens is 2. The zero-order chi connectivity index (χ0) is 21.8. The highest BCUT2D eigenvalue weighted by Gasteiger charge is 2.18. The molecular formula is C24H20Cl2N2OS2. The molecule has 1 aromatic heterocycles. The third kappa shape index (κ3) is 5.12. The molecule has 1 heterocycles. The SMILES string of the molecule is C[C@@H](c1ccccc1)n1c(SCCSc2cc(Cl)ccc2Cl)nc2ccccc2c1=O. The lowest BCUT2D eigenvalue weighted by molar-refractivity contribution is 0.549. The molecule has 3 nitrogen and oxygen atoms in total. The van der Waals surface area contributed by atoms with Gasteiger partial charge in [-0.2, -0.15) is 0 Å². The van der Waals surface area contributed by atoms with Gasteiger partial charge >= 0.3 is 0 Å². The maximum absolute atomic E-state index is 13.4. The number of hydrogen-bond acceptors (Lipinski definition) is 4. The summed E-state index contributed by atoms with van der Waals surface area (Å²) in [6.07, 6.45) is 0. The molecule has 4 rings (SSSR count). The molecule has 0 unspecified atom stereocenters. The quantitative estimate of drug-likeness (QED) is 0.157. The molecule has 0 radical (unpaired) electrons. The lowest BCUT2D eigenvalue weighted by Gasteiger charge is -2.20. The smallest absolute Gasteiger partial charge is 0.262 e. The second-order valence-corrected chi connectivity index (χ2v) is 9.99. The predicted octanol–water partition coefficient (Wildman–Crippen LogP) is 7.20. The van der Waals surface area contributed by atoms with Crippen LogP contribution in [0.3, 0.4) is 0 Å². The molecule has 0 spiro atoms. The van der Waals surface area contributed by atoms with Crippen LogP contribution in [-0.2, 0) is 0 Å². The van der Waals surface area contributed by atoms with Gasteiger partial charge in [-0.25, -0.2) is 4.98 Å². The van der Waals surface area contributed by atoms with Crippen LogP contribution in [0.25, 0.3) is 10.9 Å². The van der Waals surface area contributed by atoms with E-state index in [1.54, 1.807) is 34.2 Å². The molecule has 0 saturated heterocycles. The Labute approximate surface area is 199 Å².